The molecule has 1 heteroatoms. The zero-order chi connectivity index (χ0) is 9.84. The van der Waals surface area contributed by atoms with Gasteiger partial charge in [0.1, 0.15) is 0 Å². The molecule has 0 aliphatic carbocycles. The predicted octanol–water partition coefficient (Wildman–Crippen LogP) is 3.30. The zero-order valence-electron chi connectivity index (χ0n) is 9.71. The Labute approximate surface area is 83.5 Å². The summed E-state index contributed by atoms with van der Waals surface area (Å²) in [5.41, 5.74) is 0. The molecule has 0 bridgehead atoms. The third-order valence-electron chi connectivity index (χ3n) is 3.88. The molecule has 1 aliphatic heterocycles. The van der Waals surface area contributed by atoms with Gasteiger partial charge >= 0.3 is 0 Å². The largest absolute Gasteiger partial charge is 0.300 e. The first-order chi connectivity index (χ1) is 6.22. The summed E-state index contributed by atoms with van der Waals surface area (Å²) >= 11 is 0. The molecule has 1 saturated heterocycles. The van der Waals surface area contributed by atoms with E-state index in [0.717, 1.165) is 18.0 Å². The number of piperidine rings is 1. The topological polar surface area (TPSA) is 3.24 Å². The minimum absolute atomic E-state index is 0.851. The summed E-state index contributed by atoms with van der Waals surface area (Å²) in [4.78, 5) is 2.62. The van der Waals surface area contributed by atoms with Crippen LogP contribution in [0.15, 0.2) is 0 Å². The van der Waals surface area contributed by atoms with Crippen LogP contribution in [0.4, 0.5) is 0 Å². The fraction of sp³-hybridized carbons (Fsp3) is 1.00. The highest BCUT2D eigenvalue weighted by Crippen LogP contribution is 2.31. The van der Waals surface area contributed by atoms with Crippen molar-refractivity contribution in [1.29, 1.82) is 0 Å². The normalized spacial score (nSPS) is 36.5. The van der Waals surface area contributed by atoms with E-state index in [1.807, 2.05) is 0 Å². The number of hydrogen-bond acceptors (Lipinski definition) is 1. The van der Waals surface area contributed by atoms with Gasteiger partial charge in [0.05, 0.1) is 0 Å². The van der Waals surface area contributed by atoms with Gasteiger partial charge in [0.2, 0.25) is 0 Å². The van der Waals surface area contributed by atoms with Crippen LogP contribution in [0.3, 0.4) is 0 Å². The second-order valence-electron chi connectivity index (χ2n) is 4.54. The molecule has 0 saturated carbocycles. The molecular formula is C12H25N. The summed E-state index contributed by atoms with van der Waals surface area (Å²) in [6.07, 6.45) is 6.88. The summed E-state index contributed by atoms with van der Waals surface area (Å²) in [5, 5.41) is 0. The monoisotopic (exact) mass is 183 g/mol. The molecule has 1 heterocycles. The Morgan fingerprint density at radius 3 is 1.69 bits per heavy atom. The van der Waals surface area contributed by atoms with Crippen LogP contribution in [-0.4, -0.2) is 24.0 Å². The quantitative estimate of drug-likeness (QED) is 0.649. The van der Waals surface area contributed by atoms with Gasteiger partial charge in [0.15, 0.2) is 0 Å². The van der Waals surface area contributed by atoms with Crippen molar-refractivity contribution in [1.82, 2.24) is 4.90 Å². The smallest absolute Gasteiger partial charge is 0.00951 e. The van der Waals surface area contributed by atoms with Crippen LogP contribution in [0.5, 0.6) is 0 Å². The minimum atomic E-state index is 0.851. The first kappa shape index (κ1) is 11.0. The third kappa shape index (κ3) is 2.46. The number of hydrogen-bond donors (Lipinski definition) is 0. The van der Waals surface area contributed by atoms with Gasteiger partial charge in [-0.1, -0.05) is 27.2 Å². The Bertz CT molecular complexity index is 130. The Balaban J connectivity index is 2.56. The molecule has 1 aliphatic rings. The van der Waals surface area contributed by atoms with Gasteiger partial charge in [-0.3, -0.25) is 0 Å². The van der Waals surface area contributed by atoms with Crippen molar-refractivity contribution in [3.05, 3.63) is 0 Å². The highest BCUT2D eigenvalue weighted by atomic mass is 15.2. The van der Waals surface area contributed by atoms with Crippen LogP contribution >= 0.6 is 0 Å². The highest BCUT2D eigenvalue weighted by Gasteiger charge is 2.29. The van der Waals surface area contributed by atoms with Crippen molar-refractivity contribution in [3.8, 4) is 0 Å². The third-order valence-corrected chi connectivity index (χ3v) is 3.88. The van der Waals surface area contributed by atoms with Gasteiger partial charge in [-0.25, -0.2) is 0 Å². The lowest BCUT2D eigenvalue weighted by Gasteiger charge is -2.42. The van der Waals surface area contributed by atoms with Gasteiger partial charge < -0.3 is 4.90 Å². The first-order valence-electron chi connectivity index (χ1n) is 5.94. The molecular weight excluding hydrogens is 158 g/mol. The molecule has 13 heavy (non-hydrogen) atoms. The van der Waals surface area contributed by atoms with Crippen LogP contribution in [0.1, 0.15) is 52.9 Å². The lowest BCUT2D eigenvalue weighted by atomic mass is 9.83. The maximum Gasteiger partial charge on any atom is 0.00951 e. The molecule has 1 rings (SSSR count). The molecule has 2 atom stereocenters. The van der Waals surface area contributed by atoms with Crippen molar-refractivity contribution >= 4 is 0 Å². The Kier molecular flexibility index (Phi) is 4.24. The Morgan fingerprint density at radius 2 is 1.38 bits per heavy atom. The van der Waals surface area contributed by atoms with Crippen molar-refractivity contribution in [3.63, 3.8) is 0 Å². The second kappa shape index (κ2) is 4.99. The highest BCUT2D eigenvalue weighted by molar-refractivity contribution is 4.84. The minimum Gasteiger partial charge on any atom is -0.300 e. The maximum absolute atomic E-state index is 2.62. The summed E-state index contributed by atoms with van der Waals surface area (Å²) in [6, 6.07) is 1.70. The van der Waals surface area contributed by atoms with E-state index in [0.29, 0.717) is 0 Å². The van der Waals surface area contributed by atoms with E-state index in [-0.39, 0.29) is 0 Å². The van der Waals surface area contributed by atoms with E-state index < -0.39 is 0 Å². The summed E-state index contributed by atoms with van der Waals surface area (Å²) in [5.74, 6) is 0.992. The predicted molar refractivity (Wildman–Crippen MR) is 58.9 cm³/mol. The Morgan fingerprint density at radius 1 is 0.923 bits per heavy atom. The zero-order valence-corrected chi connectivity index (χ0v) is 9.71. The molecule has 78 valence electrons. The van der Waals surface area contributed by atoms with Crippen LogP contribution in [0, 0.1) is 5.92 Å². The van der Waals surface area contributed by atoms with Crippen molar-refractivity contribution < 1.29 is 0 Å². The Hall–Kier alpha value is -0.0400. The van der Waals surface area contributed by atoms with Crippen molar-refractivity contribution in [2.45, 2.75) is 65.0 Å². The van der Waals surface area contributed by atoms with Crippen LogP contribution in [0.25, 0.3) is 0 Å². The number of likely N-dealkylation sites (tertiary alicyclic amines) is 1. The van der Waals surface area contributed by atoms with E-state index in [1.165, 1.54) is 32.1 Å². The first-order valence-corrected chi connectivity index (χ1v) is 5.94. The fourth-order valence-corrected chi connectivity index (χ4v) is 2.74. The van der Waals surface area contributed by atoms with Gasteiger partial charge in [0, 0.05) is 12.1 Å². The van der Waals surface area contributed by atoms with E-state index >= 15 is 0 Å². The molecule has 0 spiro atoms. The molecule has 0 N–H and O–H groups in total. The van der Waals surface area contributed by atoms with E-state index in [9.17, 15) is 0 Å². The van der Waals surface area contributed by atoms with Gasteiger partial charge in [-0.15, -0.1) is 0 Å². The van der Waals surface area contributed by atoms with E-state index in [2.05, 4.69) is 32.7 Å². The van der Waals surface area contributed by atoms with Gasteiger partial charge in [-0.05, 0) is 38.6 Å². The maximum atomic E-state index is 2.62. The van der Waals surface area contributed by atoms with Crippen LogP contribution in [0.2, 0.25) is 0 Å². The fourth-order valence-electron chi connectivity index (χ4n) is 2.74. The molecule has 0 aromatic carbocycles. The number of rotatable bonds is 3. The molecule has 0 aromatic heterocycles. The standard InChI is InChI=1S/C12H25N/c1-5-10-8-11(6-2)13(4)12(7-3)9-10/h10-12H,5-9H2,1-4H3. The van der Waals surface area contributed by atoms with Crippen LogP contribution < -0.4 is 0 Å². The van der Waals surface area contributed by atoms with E-state index in [4.69, 9.17) is 0 Å². The molecule has 1 fully saturated rings. The summed E-state index contributed by atoms with van der Waals surface area (Å²) < 4.78 is 0. The second-order valence-corrected chi connectivity index (χ2v) is 4.54. The summed E-state index contributed by atoms with van der Waals surface area (Å²) in [6.45, 7) is 6.99. The molecule has 1 nitrogen and oxygen atoms in total. The SMILES string of the molecule is CCC1CC(CC)N(C)C(CC)C1. The molecule has 2 unspecified atom stereocenters. The van der Waals surface area contributed by atoms with Gasteiger partial charge in [-0.2, -0.15) is 0 Å². The average molecular weight is 183 g/mol. The van der Waals surface area contributed by atoms with Crippen molar-refractivity contribution in [2.75, 3.05) is 7.05 Å². The lowest BCUT2D eigenvalue weighted by molar-refractivity contribution is 0.0714. The molecule has 0 amide bonds. The lowest BCUT2D eigenvalue weighted by Crippen LogP contribution is -2.46. The summed E-state index contributed by atoms with van der Waals surface area (Å²) in [7, 11) is 2.31. The van der Waals surface area contributed by atoms with E-state index in [1.54, 1.807) is 0 Å². The molecule has 0 radical (unpaired) electrons. The van der Waals surface area contributed by atoms with Gasteiger partial charge in [0.25, 0.3) is 0 Å². The van der Waals surface area contributed by atoms with Crippen LogP contribution in [-0.2, 0) is 0 Å². The molecule has 0 aromatic rings. The average Bonchev–Trinajstić information content (AvgIpc) is 2.18. The number of nitrogens with zero attached hydrogens (tertiary/aromatic N) is 1. The van der Waals surface area contributed by atoms with Crippen molar-refractivity contribution in [2.24, 2.45) is 5.92 Å².